The SMILES string of the molecule is O=C(N/N=C\c1ccc(O)cc1O)c1cc(Br)cc(Br)c1O. The van der Waals surface area contributed by atoms with E-state index >= 15 is 0 Å². The van der Waals surface area contributed by atoms with Crippen LogP contribution in [0, 0.1) is 0 Å². The molecular weight excluding hydrogens is 420 g/mol. The third-order valence-corrected chi connectivity index (χ3v) is 3.72. The van der Waals surface area contributed by atoms with E-state index in [1.807, 2.05) is 0 Å². The van der Waals surface area contributed by atoms with Gasteiger partial charge in [-0.25, -0.2) is 5.43 Å². The van der Waals surface area contributed by atoms with Gasteiger partial charge in [0.1, 0.15) is 17.2 Å². The monoisotopic (exact) mass is 428 g/mol. The van der Waals surface area contributed by atoms with Crippen molar-refractivity contribution < 1.29 is 20.1 Å². The molecule has 0 saturated carbocycles. The van der Waals surface area contributed by atoms with Crippen LogP contribution in [0.3, 0.4) is 0 Å². The second kappa shape index (κ2) is 6.80. The number of rotatable bonds is 3. The Bertz CT molecular complexity index is 763. The number of amides is 1. The van der Waals surface area contributed by atoms with E-state index in [2.05, 4.69) is 42.4 Å². The molecule has 0 saturated heterocycles. The predicted molar refractivity (Wildman–Crippen MR) is 88.3 cm³/mol. The van der Waals surface area contributed by atoms with Gasteiger partial charge in [0.15, 0.2) is 0 Å². The largest absolute Gasteiger partial charge is 0.508 e. The highest BCUT2D eigenvalue weighted by Crippen LogP contribution is 2.31. The van der Waals surface area contributed by atoms with E-state index in [4.69, 9.17) is 0 Å². The number of benzene rings is 2. The number of hydrazone groups is 1. The molecule has 2 rings (SSSR count). The van der Waals surface area contributed by atoms with Crippen LogP contribution in [0.15, 0.2) is 44.4 Å². The first-order valence-electron chi connectivity index (χ1n) is 5.92. The lowest BCUT2D eigenvalue weighted by Gasteiger charge is -2.06. The maximum Gasteiger partial charge on any atom is 0.275 e. The molecule has 0 aliphatic rings. The van der Waals surface area contributed by atoms with Crippen molar-refractivity contribution in [2.45, 2.75) is 0 Å². The highest BCUT2D eigenvalue weighted by molar-refractivity contribution is 9.11. The molecule has 114 valence electrons. The first-order valence-corrected chi connectivity index (χ1v) is 7.50. The van der Waals surface area contributed by atoms with Crippen molar-refractivity contribution in [2.24, 2.45) is 5.10 Å². The van der Waals surface area contributed by atoms with Crippen LogP contribution in [0.4, 0.5) is 0 Å². The molecule has 0 aromatic heterocycles. The van der Waals surface area contributed by atoms with Gasteiger partial charge in [0.2, 0.25) is 0 Å². The summed E-state index contributed by atoms with van der Waals surface area (Å²) in [6.07, 6.45) is 1.22. The molecular formula is C14H10Br2N2O4. The zero-order valence-electron chi connectivity index (χ0n) is 10.9. The first kappa shape index (κ1) is 16.3. The smallest absolute Gasteiger partial charge is 0.275 e. The standard InChI is InChI=1S/C14H10Br2N2O4/c15-8-3-10(13(21)11(16)4-8)14(22)18-17-6-7-1-2-9(19)5-12(7)20/h1-6,19-21H,(H,18,22)/b17-6-. The summed E-state index contributed by atoms with van der Waals surface area (Å²) in [7, 11) is 0. The number of halogens is 2. The molecule has 0 spiro atoms. The molecule has 2 aromatic rings. The Hall–Kier alpha value is -2.06. The minimum atomic E-state index is -0.617. The van der Waals surface area contributed by atoms with Crippen molar-refractivity contribution >= 4 is 44.0 Å². The number of hydrogen-bond acceptors (Lipinski definition) is 5. The van der Waals surface area contributed by atoms with Gasteiger partial charge >= 0.3 is 0 Å². The molecule has 8 heteroatoms. The highest BCUT2D eigenvalue weighted by Gasteiger charge is 2.14. The van der Waals surface area contributed by atoms with Crippen LogP contribution in [0.1, 0.15) is 15.9 Å². The summed E-state index contributed by atoms with van der Waals surface area (Å²) in [5.74, 6) is -1.08. The number of phenolic OH excluding ortho intramolecular Hbond substituents is 3. The Labute approximate surface area is 142 Å². The molecule has 0 fully saturated rings. The Kier molecular flexibility index (Phi) is 5.04. The highest BCUT2D eigenvalue weighted by atomic mass is 79.9. The zero-order chi connectivity index (χ0) is 16.3. The van der Waals surface area contributed by atoms with E-state index in [0.717, 1.165) is 6.07 Å². The zero-order valence-corrected chi connectivity index (χ0v) is 14.1. The minimum absolute atomic E-state index is 0.0355. The maximum atomic E-state index is 12.0. The van der Waals surface area contributed by atoms with E-state index in [0.29, 0.717) is 14.5 Å². The summed E-state index contributed by atoms with van der Waals surface area (Å²) < 4.78 is 0.981. The average molecular weight is 430 g/mol. The number of carbonyl (C=O) groups is 1. The summed E-state index contributed by atoms with van der Waals surface area (Å²) >= 11 is 6.35. The van der Waals surface area contributed by atoms with Gasteiger partial charge in [-0.2, -0.15) is 5.10 Å². The first-order chi connectivity index (χ1) is 10.4. The van der Waals surface area contributed by atoms with Gasteiger partial charge in [-0.15, -0.1) is 0 Å². The van der Waals surface area contributed by atoms with Gasteiger partial charge in [-0.05, 0) is 40.2 Å². The lowest BCUT2D eigenvalue weighted by Crippen LogP contribution is -2.17. The number of hydrogen-bond donors (Lipinski definition) is 4. The molecule has 0 radical (unpaired) electrons. The van der Waals surface area contributed by atoms with Crippen LogP contribution in [0.2, 0.25) is 0 Å². The van der Waals surface area contributed by atoms with Gasteiger partial charge in [0.25, 0.3) is 5.91 Å². The molecule has 22 heavy (non-hydrogen) atoms. The van der Waals surface area contributed by atoms with Crippen molar-refractivity contribution in [3.8, 4) is 17.2 Å². The molecule has 0 bridgehead atoms. The summed E-state index contributed by atoms with van der Waals surface area (Å²) in [5.41, 5.74) is 2.59. The van der Waals surface area contributed by atoms with Crippen molar-refractivity contribution in [3.05, 3.63) is 50.4 Å². The van der Waals surface area contributed by atoms with Gasteiger partial charge in [0.05, 0.1) is 16.3 Å². The van der Waals surface area contributed by atoms with Crippen molar-refractivity contribution in [2.75, 3.05) is 0 Å². The van der Waals surface area contributed by atoms with Crippen molar-refractivity contribution in [3.63, 3.8) is 0 Å². The topological polar surface area (TPSA) is 102 Å². The Balaban J connectivity index is 2.15. The molecule has 4 N–H and O–H groups in total. The summed E-state index contributed by atoms with van der Waals surface area (Å²) in [4.78, 5) is 12.0. The Morgan fingerprint density at radius 1 is 1.14 bits per heavy atom. The maximum absolute atomic E-state index is 12.0. The van der Waals surface area contributed by atoms with Crippen LogP contribution in [0.5, 0.6) is 17.2 Å². The Morgan fingerprint density at radius 2 is 1.86 bits per heavy atom. The number of nitrogens with zero attached hydrogens (tertiary/aromatic N) is 1. The lowest BCUT2D eigenvalue weighted by molar-refractivity contribution is 0.0952. The number of carbonyl (C=O) groups excluding carboxylic acids is 1. The van der Waals surface area contributed by atoms with E-state index in [1.165, 1.54) is 24.4 Å². The van der Waals surface area contributed by atoms with Crippen LogP contribution in [-0.4, -0.2) is 27.4 Å². The molecule has 0 aliphatic carbocycles. The molecule has 6 nitrogen and oxygen atoms in total. The molecule has 0 atom stereocenters. The van der Waals surface area contributed by atoms with E-state index in [-0.39, 0.29) is 22.8 Å². The van der Waals surface area contributed by atoms with Crippen LogP contribution in [0.25, 0.3) is 0 Å². The Morgan fingerprint density at radius 3 is 2.55 bits per heavy atom. The van der Waals surface area contributed by atoms with Crippen LogP contribution < -0.4 is 5.43 Å². The van der Waals surface area contributed by atoms with Gasteiger partial charge in [-0.3, -0.25) is 4.79 Å². The summed E-state index contributed by atoms with van der Waals surface area (Å²) in [6.45, 7) is 0. The number of aromatic hydroxyl groups is 3. The lowest BCUT2D eigenvalue weighted by atomic mass is 10.2. The molecule has 0 aliphatic heterocycles. The second-order valence-corrected chi connectivity index (χ2v) is 6.00. The van der Waals surface area contributed by atoms with E-state index in [1.54, 1.807) is 6.07 Å². The second-order valence-electron chi connectivity index (χ2n) is 4.23. The molecule has 0 heterocycles. The number of nitrogens with one attached hydrogen (secondary N) is 1. The molecule has 0 unspecified atom stereocenters. The summed E-state index contributed by atoms with van der Waals surface area (Å²) in [5, 5.41) is 32.3. The van der Waals surface area contributed by atoms with Crippen molar-refractivity contribution in [1.82, 2.24) is 5.43 Å². The quantitative estimate of drug-likeness (QED) is 0.444. The predicted octanol–water partition coefficient (Wildman–Crippen LogP) is 3.09. The molecule has 1 amide bonds. The van der Waals surface area contributed by atoms with Gasteiger partial charge in [0, 0.05) is 16.1 Å². The van der Waals surface area contributed by atoms with E-state index < -0.39 is 5.91 Å². The molecule has 2 aromatic carbocycles. The van der Waals surface area contributed by atoms with Gasteiger partial charge in [-0.1, -0.05) is 15.9 Å². The normalized spacial score (nSPS) is 10.8. The van der Waals surface area contributed by atoms with Gasteiger partial charge < -0.3 is 15.3 Å². The minimum Gasteiger partial charge on any atom is -0.508 e. The third kappa shape index (κ3) is 3.77. The average Bonchev–Trinajstić information content (AvgIpc) is 2.45. The van der Waals surface area contributed by atoms with Crippen LogP contribution >= 0.6 is 31.9 Å². The van der Waals surface area contributed by atoms with Crippen molar-refractivity contribution in [1.29, 1.82) is 0 Å². The number of phenols is 3. The summed E-state index contributed by atoms with van der Waals surface area (Å²) in [6, 6.07) is 7.01. The van der Waals surface area contributed by atoms with E-state index in [9.17, 15) is 20.1 Å². The fourth-order valence-corrected chi connectivity index (χ4v) is 2.83. The fraction of sp³-hybridized carbons (Fsp3) is 0. The third-order valence-electron chi connectivity index (χ3n) is 2.66. The van der Waals surface area contributed by atoms with Crippen LogP contribution in [-0.2, 0) is 0 Å². The fourth-order valence-electron chi connectivity index (χ4n) is 1.60.